The number of phenols is 1. The van der Waals surface area contributed by atoms with Crippen molar-refractivity contribution in [2.24, 2.45) is 0 Å². The molecule has 0 aromatic heterocycles. The molecule has 3 heteroatoms. The number of halogens is 2. The molecule has 1 fully saturated rings. The van der Waals surface area contributed by atoms with Crippen molar-refractivity contribution in [2.75, 3.05) is 0 Å². The molecule has 1 aliphatic carbocycles. The molecule has 2 aromatic rings. The number of hydrogen-bond acceptors (Lipinski definition) is 1. The molecule has 2 aromatic carbocycles. The number of allylic oxidation sites excluding steroid dienone is 1. The van der Waals surface area contributed by atoms with Crippen molar-refractivity contribution >= 4 is 5.57 Å². The molecular weight excluding hydrogens is 270 g/mol. The minimum Gasteiger partial charge on any atom is -0.508 e. The van der Waals surface area contributed by atoms with Gasteiger partial charge in [0.15, 0.2) is 0 Å². The summed E-state index contributed by atoms with van der Waals surface area (Å²) in [6.45, 7) is 0. The van der Waals surface area contributed by atoms with Crippen molar-refractivity contribution in [3.8, 4) is 5.75 Å². The van der Waals surface area contributed by atoms with Gasteiger partial charge < -0.3 is 5.11 Å². The maximum absolute atomic E-state index is 14.2. The van der Waals surface area contributed by atoms with Gasteiger partial charge in [-0.3, -0.25) is 0 Å². The van der Waals surface area contributed by atoms with Gasteiger partial charge in [0.1, 0.15) is 17.4 Å². The molecule has 1 saturated carbocycles. The third-order valence-electron chi connectivity index (χ3n) is 3.93. The summed E-state index contributed by atoms with van der Waals surface area (Å²) in [7, 11) is 0. The summed E-state index contributed by atoms with van der Waals surface area (Å²) in [5.41, 5.74) is 2.52. The predicted molar refractivity (Wildman–Crippen MR) is 79.0 cm³/mol. The fraction of sp³-hybridized carbons (Fsp3) is 0.222. The van der Waals surface area contributed by atoms with Crippen LogP contribution >= 0.6 is 0 Å². The number of phenolic OH excluding ortho intramolecular Hbond substituents is 1. The van der Waals surface area contributed by atoms with Crippen LogP contribution in [-0.4, -0.2) is 5.11 Å². The zero-order valence-corrected chi connectivity index (χ0v) is 11.6. The van der Waals surface area contributed by atoms with Gasteiger partial charge in [0, 0.05) is 0 Å². The van der Waals surface area contributed by atoms with Crippen LogP contribution in [0.25, 0.3) is 5.57 Å². The monoisotopic (exact) mass is 286 g/mol. The summed E-state index contributed by atoms with van der Waals surface area (Å²) in [6, 6.07) is 10.5. The Labute approximate surface area is 122 Å². The Bertz CT molecular complexity index is 659. The first-order chi connectivity index (χ1) is 10.2. The second-order valence-electron chi connectivity index (χ2n) is 5.33. The molecule has 0 heterocycles. The van der Waals surface area contributed by atoms with Crippen molar-refractivity contribution < 1.29 is 13.9 Å². The van der Waals surface area contributed by atoms with Crippen LogP contribution in [0.1, 0.15) is 36.8 Å². The second kappa shape index (κ2) is 5.68. The van der Waals surface area contributed by atoms with Gasteiger partial charge in [-0.25, -0.2) is 8.78 Å². The Morgan fingerprint density at radius 1 is 0.857 bits per heavy atom. The predicted octanol–water partition coefficient (Wildman–Crippen LogP) is 5.05. The van der Waals surface area contributed by atoms with E-state index in [2.05, 4.69) is 0 Å². The highest BCUT2D eigenvalue weighted by molar-refractivity contribution is 5.83. The zero-order chi connectivity index (χ0) is 14.8. The second-order valence-corrected chi connectivity index (χ2v) is 5.33. The van der Waals surface area contributed by atoms with Crippen molar-refractivity contribution in [1.29, 1.82) is 0 Å². The highest BCUT2D eigenvalue weighted by atomic mass is 19.1. The van der Waals surface area contributed by atoms with Crippen molar-refractivity contribution in [3.63, 3.8) is 0 Å². The number of aromatic hydroxyl groups is 1. The third kappa shape index (κ3) is 2.68. The molecule has 1 aliphatic rings. The minimum absolute atomic E-state index is 0.0417. The van der Waals surface area contributed by atoms with E-state index in [9.17, 15) is 13.9 Å². The lowest BCUT2D eigenvalue weighted by Gasteiger charge is -2.14. The summed E-state index contributed by atoms with van der Waals surface area (Å²) >= 11 is 0. The Hall–Kier alpha value is -2.16. The molecule has 21 heavy (non-hydrogen) atoms. The SMILES string of the molecule is Oc1ccc(C(=C2CCCC2)c2c(F)cccc2F)cc1. The van der Waals surface area contributed by atoms with E-state index in [-0.39, 0.29) is 11.3 Å². The van der Waals surface area contributed by atoms with Gasteiger partial charge in [-0.05, 0) is 61.1 Å². The summed E-state index contributed by atoms with van der Waals surface area (Å²) in [4.78, 5) is 0. The normalized spacial score (nSPS) is 14.5. The molecule has 0 atom stereocenters. The van der Waals surface area contributed by atoms with E-state index in [0.29, 0.717) is 5.57 Å². The molecule has 3 rings (SSSR count). The van der Waals surface area contributed by atoms with Crippen molar-refractivity contribution in [1.82, 2.24) is 0 Å². The van der Waals surface area contributed by atoms with E-state index in [1.165, 1.54) is 18.2 Å². The molecule has 0 saturated heterocycles. The standard InChI is InChI=1S/C18H16F2O/c19-15-6-3-7-16(20)18(15)17(12-4-1-2-5-12)13-8-10-14(21)11-9-13/h3,6-11,21H,1-2,4-5H2. The molecule has 0 spiro atoms. The van der Waals surface area contributed by atoms with Crippen LogP contribution < -0.4 is 0 Å². The fourth-order valence-corrected chi connectivity index (χ4v) is 2.94. The first kappa shape index (κ1) is 13.8. The molecule has 0 bridgehead atoms. The van der Waals surface area contributed by atoms with Crippen LogP contribution in [0.5, 0.6) is 5.75 Å². The quantitative estimate of drug-likeness (QED) is 0.819. The van der Waals surface area contributed by atoms with Crippen LogP contribution in [-0.2, 0) is 0 Å². The summed E-state index contributed by atoms with van der Waals surface area (Å²) in [5.74, 6) is -0.946. The van der Waals surface area contributed by atoms with Crippen LogP contribution in [0.4, 0.5) is 8.78 Å². The minimum atomic E-state index is -0.544. The van der Waals surface area contributed by atoms with E-state index < -0.39 is 11.6 Å². The van der Waals surface area contributed by atoms with Gasteiger partial charge in [-0.15, -0.1) is 0 Å². The van der Waals surface area contributed by atoms with Gasteiger partial charge >= 0.3 is 0 Å². The topological polar surface area (TPSA) is 20.2 Å². The molecule has 0 aliphatic heterocycles. The molecule has 0 amide bonds. The summed E-state index contributed by atoms with van der Waals surface area (Å²) in [5, 5.41) is 9.42. The lowest BCUT2D eigenvalue weighted by molar-refractivity contribution is 0.475. The lowest BCUT2D eigenvalue weighted by Crippen LogP contribution is -1.99. The summed E-state index contributed by atoms with van der Waals surface area (Å²) in [6.07, 6.45) is 3.83. The Kier molecular flexibility index (Phi) is 3.74. The maximum atomic E-state index is 14.2. The first-order valence-corrected chi connectivity index (χ1v) is 7.12. The summed E-state index contributed by atoms with van der Waals surface area (Å²) < 4.78 is 28.4. The fourth-order valence-electron chi connectivity index (χ4n) is 2.94. The number of hydrogen-bond donors (Lipinski definition) is 1. The lowest BCUT2D eigenvalue weighted by atomic mass is 9.91. The van der Waals surface area contributed by atoms with E-state index >= 15 is 0 Å². The van der Waals surface area contributed by atoms with Crippen LogP contribution in [0, 0.1) is 11.6 Å². The molecular formula is C18H16F2O. The van der Waals surface area contributed by atoms with Crippen LogP contribution in [0.15, 0.2) is 48.0 Å². The van der Waals surface area contributed by atoms with Gasteiger partial charge in [0.05, 0.1) is 5.56 Å². The average molecular weight is 286 g/mol. The Balaban J connectivity index is 2.23. The molecule has 1 nitrogen and oxygen atoms in total. The van der Waals surface area contributed by atoms with Crippen molar-refractivity contribution in [2.45, 2.75) is 25.7 Å². The smallest absolute Gasteiger partial charge is 0.133 e. The molecule has 108 valence electrons. The first-order valence-electron chi connectivity index (χ1n) is 7.12. The Morgan fingerprint density at radius 2 is 1.43 bits per heavy atom. The average Bonchev–Trinajstić information content (AvgIpc) is 2.98. The van der Waals surface area contributed by atoms with Gasteiger partial charge in [0.25, 0.3) is 0 Å². The molecule has 0 unspecified atom stereocenters. The zero-order valence-electron chi connectivity index (χ0n) is 11.6. The van der Waals surface area contributed by atoms with Gasteiger partial charge in [-0.2, -0.15) is 0 Å². The van der Waals surface area contributed by atoms with E-state index in [4.69, 9.17) is 0 Å². The highest BCUT2D eigenvalue weighted by Gasteiger charge is 2.21. The Morgan fingerprint density at radius 3 is 2.00 bits per heavy atom. The van der Waals surface area contributed by atoms with Crippen LogP contribution in [0.2, 0.25) is 0 Å². The van der Waals surface area contributed by atoms with Gasteiger partial charge in [-0.1, -0.05) is 23.8 Å². The third-order valence-corrected chi connectivity index (χ3v) is 3.93. The number of benzene rings is 2. The van der Waals surface area contributed by atoms with Crippen LogP contribution in [0.3, 0.4) is 0 Å². The van der Waals surface area contributed by atoms with Crippen molar-refractivity contribution in [3.05, 3.63) is 70.8 Å². The molecule has 1 N–H and O–H groups in total. The highest BCUT2D eigenvalue weighted by Crippen LogP contribution is 2.38. The molecule has 0 radical (unpaired) electrons. The van der Waals surface area contributed by atoms with Gasteiger partial charge in [0.2, 0.25) is 0 Å². The van der Waals surface area contributed by atoms with E-state index in [0.717, 1.165) is 36.8 Å². The van der Waals surface area contributed by atoms with E-state index in [1.54, 1.807) is 24.3 Å². The maximum Gasteiger partial charge on any atom is 0.133 e. The number of rotatable bonds is 2. The van der Waals surface area contributed by atoms with E-state index in [1.807, 2.05) is 0 Å². The largest absolute Gasteiger partial charge is 0.508 e.